The number of pyridine rings is 1. The quantitative estimate of drug-likeness (QED) is 0.617. The normalized spacial score (nSPS) is 12.3. The number of hydrogen-bond acceptors (Lipinski definition) is 3. The van der Waals surface area contributed by atoms with Crippen LogP contribution in [0.5, 0.6) is 0 Å². The Morgan fingerprint density at radius 1 is 1.12 bits per heavy atom. The van der Waals surface area contributed by atoms with Gasteiger partial charge in [-0.2, -0.15) is 0 Å². The predicted octanol–water partition coefficient (Wildman–Crippen LogP) is 2.47. The minimum Gasteiger partial charge on any atom is -0.348 e. The molecule has 0 bridgehead atoms. The summed E-state index contributed by atoms with van der Waals surface area (Å²) in [7, 11) is 0. The molecule has 4 rings (SSSR count). The number of para-hydroxylation sites is 1. The first kappa shape index (κ1) is 16.1. The second-order valence-electron chi connectivity index (χ2n) is 6.31. The Morgan fingerprint density at radius 2 is 1.92 bits per heavy atom. The van der Waals surface area contributed by atoms with Gasteiger partial charge in [0.1, 0.15) is 11.2 Å². The van der Waals surface area contributed by atoms with E-state index in [9.17, 15) is 9.59 Å². The Morgan fingerprint density at radius 3 is 2.81 bits per heavy atom. The molecule has 0 aliphatic carbocycles. The van der Waals surface area contributed by atoms with Gasteiger partial charge in [0.2, 0.25) is 0 Å². The Hall–Kier alpha value is -3.41. The minimum absolute atomic E-state index is 0.0397. The van der Waals surface area contributed by atoms with Crippen molar-refractivity contribution in [2.24, 2.45) is 0 Å². The third-order valence-corrected chi connectivity index (χ3v) is 4.39. The molecule has 0 aliphatic heterocycles. The summed E-state index contributed by atoms with van der Waals surface area (Å²) in [6, 6.07) is 15.2. The fraction of sp³-hybridized carbons (Fsp3) is 0.150. The van der Waals surface area contributed by atoms with E-state index in [-0.39, 0.29) is 17.2 Å². The number of carbonyl (C=O) groups is 1. The zero-order valence-electron chi connectivity index (χ0n) is 14.3. The van der Waals surface area contributed by atoms with Crippen LogP contribution in [0.4, 0.5) is 0 Å². The highest BCUT2D eigenvalue weighted by Crippen LogP contribution is 2.15. The molecule has 0 saturated heterocycles. The van der Waals surface area contributed by atoms with Gasteiger partial charge in [-0.25, -0.2) is 4.98 Å². The minimum atomic E-state index is -0.412. The molecule has 130 valence electrons. The Kier molecular flexibility index (Phi) is 4.01. The standard InChI is InChI=1S/C20H18N4O2/c1-14(13-23-11-9-15-6-2-3-7-17(15)23)22-19(25)16-12-21-18-8-4-5-10-24(18)20(16)26/h2-12,14H,13H2,1H3,(H,22,25)/t14-/m0/s1. The van der Waals surface area contributed by atoms with E-state index in [0.29, 0.717) is 12.2 Å². The number of nitrogens with zero attached hydrogens (tertiary/aromatic N) is 3. The molecule has 6 heteroatoms. The summed E-state index contributed by atoms with van der Waals surface area (Å²) in [5.41, 5.74) is 1.30. The van der Waals surface area contributed by atoms with Crippen molar-refractivity contribution in [2.75, 3.05) is 0 Å². The summed E-state index contributed by atoms with van der Waals surface area (Å²) >= 11 is 0. The molecular formula is C20H18N4O2. The number of fused-ring (bicyclic) bond motifs is 2. The summed E-state index contributed by atoms with van der Waals surface area (Å²) in [6.45, 7) is 2.53. The first-order valence-electron chi connectivity index (χ1n) is 8.44. The summed E-state index contributed by atoms with van der Waals surface area (Å²) in [6.07, 6.45) is 4.95. The third-order valence-electron chi connectivity index (χ3n) is 4.39. The van der Waals surface area contributed by atoms with Crippen molar-refractivity contribution in [1.82, 2.24) is 19.3 Å². The molecule has 0 saturated carbocycles. The number of amides is 1. The Labute approximate surface area is 149 Å². The fourth-order valence-corrected chi connectivity index (χ4v) is 3.12. The number of hydrogen-bond donors (Lipinski definition) is 1. The first-order chi connectivity index (χ1) is 12.6. The smallest absolute Gasteiger partial charge is 0.270 e. The predicted molar refractivity (Wildman–Crippen MR) is 100 cm³/mol. The van der Waals surface area contributed by atoms with Crippen molar-refractivity contribution in [3.05, 3.63) is 83.0 Å². The molecule has 1 aromatic carbocycles. The van der Waals surface area contributed by atoms with Crippen LogP contribution in [0.15, 0.2) is 71.9 Å². The molecule has 3 heterocycles. The largest absolute Gasteiger partial charge is 0.348 e. The molecular weight excluding hydrogens is 328 g/mol. The van der Waals surface area contributed by atoms with E-state index in [0.717, 1.165) is 10.9 Å². The second kappa shape index (κ2) is 6.48. The van der Waals surface area contributed by atoms with E-state index >= 15 is 0 Å². The van der Waals surface area contributed by atoms with Crippen LogP contribution in [0.2, 0.25) is 0 Å². The SMILES string of the molecule is C[C@@H](Cn1ccc2ccccc21)NC(=O)c1cnc2ccccn2c1=O. The van der Waals surface area contributed by atoms with Gasteiger partial charge in [-0.15, -0.1) is 0 Å². The zero-order chi connectivity index (χ0) is 18.1. The van der Waals surface area contributed by atoms with E-state index < -0.39 is 5.91 Å². The van der Waals surface area contributed by atoms with Crippen molar-refractivity contribution < 1.29 is 4.79 Å². The Balaban J connectivity index is 1.54. The van der Waals surface area contributed by atoms with Crippen molar-refractivity contribution in [3.8, 4) is 0 Å². The molecule has 4 aromatic rings. The lowest BCUT2D eigenvalue weighted by molar-refractivity contribution is 0.0935. The third kappa shape index (κ3) is 2.86. The van der Waals surface area contributed by atoms with Gasteiger partial charge in [0, 0.05) is 36.7 Å². The number of carbonyl (C=O) groups excluding carboxylic acids is 1. The van der Waals surface area contributed by atoms with Crippen LogP contribution in [0.3, 0.4) is 0 Å². The van der Waals surface area contributed by atoms with Gasteiger partial charge in [0.25, 0.3) is 11.5 Å². The maximum Gasteiger partial charge on any atom is 0.270 e. The summed E-state index contributed by atoms with van der Waals surface area (Å²) in [4.78, 5) is 29.2. The molecule has 1 N–H and O–H groups in total. The molecule has 0 radical (unpaired) electrons. The van der Waals surface area contributed by atoms with Crippen molar-refractivity contribution in [2.45, 2.75) is 19.5 Å². The van der Waals surface area contributed by atoms with Crippen molar-refractivity contribution in [3.63, 3.8) is 0 Å². The van der Waals surface area contributed by atoms with Gasteiger partial charge in [-0.05, 0) is 36.6 Å². The molecule has 0 aliphatic rings. The number of rotatable bonds is 4. The van der Waals surface area contributed by atoms with Gasteiger partial charge < -0.3 is 9.88 Å². The monoisotopic (exact) mass is 346 g/mol. The molecule has 3 aromatic heterocycles. The van der Waals surface area contributed by atoms with E-state index in [1.54, 1.807) is 24.4 Å². The highest BCUT2D eigenvalue weighted by Gasteiger charge is 2.16. The molecule has 1 atom stereocenters. The van der Waals surface area contributed by atoms with Crippen LogP contribution >= 0.6 is 0 Å². The van der Waals surface area contributed by atoms with Crippen LogP contribution in [-0.4, -0.2) is 25.9 Å². The first-order valence-corrected chi connectivity index (χ1v) is 8.44. The zero-order valence-corrected chi connectivity index (χ0v) is 14.3. The maximum absolute atomic E-state index is 12.5. The lowest BCUT2D eigenvalue weighted by Gasteiger charge is -2.15. The summed E-state index contributed by atoms with van der Waals surface area (Å²) in [5.74, 6) is -0.412. The van der Waals surface area contributed by atoms with Gasteiger partial charge >= 0.3 is 0 Å². The molecule has 0 unspecified atom stereocenters. The van der Waals surface area contributed by atoms with E-state index in [1.807, 2.05) is 37.4 Å². The van der Waals surface area contributed by atoms with Crippen LogP contribution in [-0.2, 0) is 6.54 Å². The molecule has 26 heavy (non-hydrogen) atoms. The number of benzene rings is 1. The fourth-order valence-electron chi connectivity index (χ4n) is 3.12. The van der Waals surface area contributed by atoms with Crippen LogP contribution in [0, 0.1) is 0 Å². The lowest BCUT2D eigenvalue weighted by Crippen LogP contribution is -2.38. The van der Waals surface area contributed by atoms with Crippen LogP contribution in [0.1, 0.15) is 17.3 Å². The average molecular weight is 346 g/mol. The van der Waals surface area contributed by atoms with Crippen molar-refractivity contribution in [1.29, 1.82) is 0 Å². The number of aromatic nitrogens is 3. The highest BCUT2D eigenvalue weighted by atomic mass is 16.2. The molecule has 0 fully saturated rings. The van der Waals surface area contributed by atoms with Crippen molar-refractivity contribution >= 4 is 22.5 Å². The van der Waals surface area contributed by atoms with Gasteiger partial charge in [-0.3, -0.25) is 14.0 Å². The second-order valence-corrected chi connectivity index (χ2v) is 6.31. The summed E-state index contributed by atoms with van der Waals surface area (Å²) in [5, 5.41) is 4.05. The molecule has 1 amide bonds. The van der Waals surface area contributed by atoms with Gasteiger partial charge in [0.05, 0.1) is 0 Å². The van der Waals surface area contributed by atoms with E-state index in [4.69, 9.17) is 0 Å². The topological polar surface area (TPSA) is 68.4 Å². The Bertz CT molecular complexity index is 1160. The van der Waals surface area contributed by atoms with Crippen LogP contribution < -0.4 is 10.9 Å². The number of nitrogens with one attached hydrogen (secondary N) is 1. The van der Waals surface area contributed by atoms with E-state index in [1.165, 1.54) is 10.6 Å². The molecule has 6 nitrogen and oxygen atoms in total. The lowest BCUT2D eigenvalue weighted by atomic mass is 10.2. The summed E-state index contributed by atoms with van der Waals surface area (Å²) < 4.78 is 3.46. The maximum atomic E-state index is 12.5. The van der Waals surface area contributed by atoms with Crippen LogP contribution in [0.25, 0.3) is 16.6 Å². The average Bonchev–Trinajstić information content (AvgIpc) is 3.05. The molecule has 0 spiro atoms. The van der Waals surface area contributed by atoms with Gasteiger partial charge in [-0.1, -0.05) is 24.3 Å². The highest BCUT2D eigenvalue weighted by molar-refractivity contribution is 5.93. The van der Waals surface area contributed by atoms with Gasteiger partial charge in [0.15, 0.2) is 0 Å². The van der Waals surface area contributed by atoms with E-state index in [2.05, 4.69) is 20.9 Å².